The van der Waals surface area contributed by atoms with Crippen LogP contribution >= 0.6 is 0 Å². The molecule has 0 radical (unpaired) electrons. The molecule has 0 saturated carbocycles. The van der Waals surface area contributed by atoms with Crippen molar-refractivity contribution in [3.05, 3.63) is 0 Å². The van der Waals surface area contributed by atoms with Crippen molar-refractivity contribution >= 4 is 5.91 Å². The SMILES string of the molecule is CCCCCCCCCCCCCCCCCCCCCCCCCCCCCCCCC(=O)N[C@@H](CO[C@@H]1O[C@H](CO)[C@@H](O)C(O)C1O)[C@H](O)CCCCCCCCCCC. The summed E-state index contributed by atoms with van der Waals surface area (Å²) in [4.78, 5) is 13.0. The number of hydrogen-bond donors (Lipinski definition) is 6. The summed E-state index contributed by atoms with van der Waals surface area (Å²) >= 11 is 0. The molecule has 1 rings (SSSR count). The fourth-order valence-corrected chi connectivity index (χ4v) is 9.11. The van der Waals surface area contributed by atoms with Gasteiger partial charge in [-0.3, -0.25) is 4.79 Å². The van der Waals surface area contributed by atoms with Crippen LogP contribution in [0.25, 0.3) is 0 Å². The second-order valence-corrected chi connectivity index (χ2v) is 19.4. The smallest absolute Gasteiger partial charge is 0.220 e. The quantitative estimate of drug-likeness (QED) is 0.0331. The molecule has 1 aliphatic heterocycles. The van der Waals surface area contributed by atoms with Gasteiger partial charge in [-0.1, -0.05) is 258 Å². The Labute approximate surface area is 383 Å². The third-order valence-electron chi connectivity index (χ3n) is 13.5. The molecule has 0 aromatic rings. The summed E-state index contributed by atoms with van der Waals surface area (Å²) in [5, 5.41) is 54.3. The number of carbonyl (C=O) groups excluding carboxylic acids is 1. The third kappa shape index (κ3) is 33.6. The fourth-order valence-electron chi connectivity index (χ4n) is 9.11. The molecule has 0 bridgehead atoms. The number of aliphatic hydroxyl groups excluding tert-OH is 5. The van der Waals surface area contributed by atoms with Crippen molar-refractivity contribution in [2.45, 2.75) is 320 Å². The van der Waals surface area contributed by atoms with Crippen LogP contribution in [-0.2, 0) is 14.3 Å². The Morgan fingerprint density at radius 3 is 1.15 bits per heavy atom. The van der Waals surface area contributed by atoms with Crippen LogP contribution < -0.4 is 5.32 Å². The van der Waals surface area contributed by atoms with E-state index in [1.54, 1.807) is 0 Å². The third-order valence-corrected chi connectivity index (χ3v) is 13.5. The van der Waals surface area contributed by atoms with Crippen molar-refractivity contribution in [1.29, 1.82) is 0 Å². The molecular formula is C53H105NO8. The summed E-state index contributed by atoms with van der Waals surface area (Å²) in [7, 11) is 0. The minimum atomic E-state index is -1.55. The largest absolute Gasteiger partial charge is 0.394 e. The Balaban J connectivity index is 2.06. The molecule has 0 aromatic heterocycles. The maximum Gasteiger partial charge on any atom is 0.220 e. The minimum absolute atomic E-state index is 0.132. The Hall–Kier alpha value is -0.810. The second-order valence-electron chi connectivity index (χ2n) is 19.4. The maximum absolute atomic E-state index is 13.0. The Morgan fingerprint density at radius 2 is 0.806 bits per heavy atom. The Bertz CT molecular complexity index is 939. The number of rotatable bonds is 47. The second kappa shape index (κ2) is 44.0. The van der Waals surface area contributed by atoms with Crippen molar-refractivity contribution in [1.82, 2.24) is 5.32 Å². The highest BCUT2D eigenvalue weighted by molar-refractivity contribution is 5.76. The van der Waals surface area contributed by atoms with Gasteiger partial charge in [0, 0.05) is 6.42 Å². The number of amides is 1. The molecule has 370 valence electrons. The van der Waals surface area contributed by atoms with Crippen LogP contribution in [0.4, 0.5) is 0 Å². The average molecular weight is 884 g/mol. The van der Waals surface area contributed by atoms with E-state index in [2.05, 4.69) is 19.2 Å². The van der Waals surface area contributed by atoms with Gasteiger partial charge < -0.3 is 40.3 Å². The summed E-state index contributed by atoms with van der Waals surface area (Å²) < 4.78 is 11.3. The molecule has 9 nitrogen and oxygen atoms in total. The minimum Gasteiger partial charge on any atom is -0.394 e. The molecule has 1 heterocycles. The highest BCUT2D eigenvalue weighted by Crippen LogP contribution is 2.23. The van der Waals surface area contributed by atoms with Crippen LogP contribution in [0.15, 0.2) is 0 Å². The van der Waals surface area contributed by atoms with E-state index in [4.69, 9.17) is 9.47 Å². The van der Waals surface area contributed by atoms with Crippen LogP contribution in [0.3, 0.4) is 0 Å². The van der Waals surface area contributed by atoms with Crippen LogP contribution in [0.5, 0.6) is 0 Å². The molecule has 1 saturated heterocycles. The van der Waals surface area contributed by atoms with Gasteiger partial charge in [0.05, 0.1) is 25.4 Å². The van der Waals surface area contributed by atoms with Gasteiger partial charge in [0.15, 0.2) is 6.29 Å². The Morgan fingerprint density at radius 1 is 0.484 bits per heavy atom. The van der Waals surface area contributed by atoms with Gasteiger partial charge in [-0.15, -0.1) is 0 Å². The number of aliphatic hydroxyl groups is 5. The molecule has 2 unspecified atom stereocenters. The van der Waals surface area contributed by atoms with E-state index in [1.165, 1.54) is 212 Å². The van der Waals surface area contributed by atoms with E-state index in [1.807, 2.05) is 0 Å². The van der Waals surface area contributed by atoms with E-state index in [-0.39, 0.29) is 12.5 Å². The van der Waals surface area contributed by atoms with Gasteiger partial charge in [-0.25, -0.2) is 0 Å². The molecule has 7 atom stereocenters. The van der Waals surface area contributed by atoms with E-state index < -0.39 is 49.5 Å². The molecule has 0 aromatic carbocycles. The molecule has 62 heavy (non-hydrogen) atoms. The van der Waals surface area contributed by atoms with E-state index in [0.717, 1.165) is 38.5 Å². The molecule has 0 aliphatic carbocycles. The lowest BCUT2D eigenvalue weighted by atomic mass is 9.99. The van der Waals surface area contributed by atoms with Gasteiger partial charge >= 0.3 is 0 Å². The molecule has 6 N–H and O–H groups in total. The zero-order valence-electron chi connectivity index (χ0n) is 40.9. The summed E-state index contributed by atoms with van der Waals surface area (Å²) in [6.07, 6.45) is 44.5. The van der Waals surface area contributed by atoms with Crippen molar-refractivity contribution < 1.29 is 39.8 Å². The number of ether oxygens (including phenoxy) is 2. The first-order valence-corrected chi connectivity index (χ1v) is 27.2. The predicted molar refractivity (Wildman–Crippen MR) is 258 cm³/mol. The first-order chi connectivity index (χ1) is 30.3. The van der Waals surface area contributed by atoms with Crippen molar-refractivity contribution in [3.8, 4) is 0 Å². The van der Waals surface area contributed by atoms with Crippen LogP contribution in [-0.4, -0.2) is 87.5 Å². The average Bonchev–Trinajstić information content (AvgIpc) is 3.27. The van der Waals surface area contributed by atoms with E-state index in [0.29, 0.717) is 12.8 Å². The molecule has 0 spiro atoms. The number of hydrogen-bond acceptors (Lipinski definition) is 8. The first-order valence-electron chi connectivity index (χ1n) is 27.2. The van der Waals surface area contributed by atoms with Gasteiger partial charge in [-0.05, 0) is 12.8 Å². The van der Waals surface area contributed by atoms with E-state index >= 15 is 0 Å². The zero-order valence-corrected chi connectivity index (χ0v) is 40.9. The zero-order chi connectivity index (χ0) is 45.1. The molecule has 9 heteroatoms. The highest BCUT2D eigenvalue weighted by atomic mass is 16.7. The summed E-state index contributed by atoms with van der Waals surface area (Å²) in [5.41, 5.74) is 0. The summed E-state index contributed by atoms with van der Waals surface area (Å²) in [6, 6.07) is -0.711. The number of unbranched alkanes of at least 4 members (excludes halogenated alkanes) is 37. The Kier molecular flexibility index (Phi) is 42.1. The van der Waals surface area contributed by atoms with Crippen molar-refractivity contribution in [2.75, 3.05) is 13.2 Å². The van der Waals surface area contributed by atoms with Crippen LogP contribution in [0.2, 0.25) is 0 Å². The van der Waals surface area contributed by atoms with Crippen LogP contribution in [0, 0.1) is 0 Å². The standard InChI is InChI=1S/C53H105NO8/c1-3-5-7-9-11-13-14-15-16-17-18-19-20-21-22-23-24-25-26-27-28-29-30-31-32-33-35-37-39-41-43-49(57)54-46(47(56)42-40-38-36-34-12-10-8-6-4-2)45-61-53-52(60)51(59)50(58)48(44-55)62-53/h46-48,50-53,55-56,58-60H,3-45H2,1-2H3,(H,54,57)/t46-,47+,48+,50+,51?,52?,53+/m0/s1. The highest BCUT2D eigenvalue weighted by Gasteiger charge is 2.44. The van der Waals surface area contributed by atoms with Gasteiger partial charge in [0.25, 0.3) is 0 Å². The van der Waals surface area contributed by atoms with Crippen molar-refractivity contribution in [2.24, 2.45) is 0 Å². The van der Waals surface area contributed by atoms with Crippen molar-refractivity contribution in [3.63, 3.8) is 0 Å². The molecule has 1 fully saturated rings. The normalized spacial score (nSPS) is 20.1. The summed E-state index contributed by atoms with van der Waals surface area (Å²) in [6.45, 7) is 3.84. The lowest BCUT2D eigenvalue weighted by Gasteiger charge is -2.40. The topological polar surface area (TPSA) is 149 Å². The predicted octanol–water partition coefficient (Wildman–Crippen LogP) is 12.7. The molecular weight excluding hydrogens is 779 g/mol. The fraction of sp³-hybridized carbons (Fsp3) is 0.981. The van der Waals surface area contributed by atoms with Crippen LogP contribution in [0.1, 0.15) is 277 Å². The lowest BCUT2D eigenvalue weighted by molar-refractivity contribution is -0.302. The first kappa shape index (κ1) is 59.2. The number of carbonyl (C=O) groups is 1. The molecule has 1 aliphatic rings. The number of nitrogens with one attached hydrogen (secondary N) is 1. The lowest BCUT2D eigenvalue weighted by Crippen LogP contribution is -2.60. The van der Waals surface area contributed by atoms with Gasteiger partial charge in [0.1, 0.15) is 24.4 Å². The van der Waals surface area contributed by atoms with Gasteiger partial charge in [0.2, 0.25) is 5.91 Å². The van der Waals surface area contributed by atoms with E-state index in [9.17, 15) is 30.3 Å². The molecule has 1 amide bonds. The van der Waals surface area contributed by atoms with Gasteiger partial charge in [-0.2, -0.15) is 0 Å². The maximum atomic E-state index is 13.0. The summed E-state index contributed by atoms with van der Waals surface area (Å²) in [5.74, 6) is -0.140. The monoisotopic (exact) mass is 884 g/mol.